The van der Waals surface area contributed by atoms with Gasteiger partial charge in [0.15, 0.2) is 5.82 Å². The van der Waals surface area contributed by atoms with E-state index in [9.17, 15) is 13.9 Å². The second kappa shape index (κ2) is 8.33. The van der Waals surface area contributed by atoms with Crippen LogP contribution in [0.5, 0.6) is 0 Å². The fourth-order valence-corrected chi connectivity index (χ4v) is 3.26. The maximum Gasteiger partial charge on any atom is 0.257 e. The van der Waals surface area contributed by atoms with E-state index in [0.717, 1.165) is 5.39 Å². The van der Waals surface area contributed by atoms with Gasteiger partial charge < -0.3 is 10.4 Å². The quantitative estimate of drug-likeness (QED) is 0.464. The lowest BCUT2D eigenvalue weighted by molar-refractivity contribution is 0.122. The van der Waals surface area contributed by atoms with Gasteiger partial charge in [0.1, 0.15) is 12.2 Å². The van der Waals surface area contributed by atoms with Crippen LogP contribution in [0, 0.1) is 0 Å². The highest BCUT2D eigenvalue weighted by Crippen LogP contribution is 2.31. The molecule has 0 bridgehead atoms. The minimum Gasteiger partial charge on any atom is -0.392 e. The molecule has 0 unspecified atom stereocenters. The Labute approximate surface area is 175 Å². The molecule has 2 N–H and O–H groups in total. The molecule has 4 aromatic heterocycles. The molecule has 0 aliphatic heterocycles. The van der Waals surface area contributed by atoms with Crippen molar-refractivity contribution in [2.24, 2.45) is 0 Å². The van der Waals surface area contributed by atoms with Crippen LogP contribution in [0.4, 0.5) is 14.7 Å². The van der Waals surface area contributed by atoms with Crippen molar-refractivity contribution in [3.05, 3.63) is 48.0 Å². The summed E-state index contributed by atoms with van der Waals surface area (Å²) in [6.45, 7) is 1.34. The number of anilines is 1. The van der Waals surface area contributed by atoms with Crippen LogP contribution < -0.4 is 5.32 Å². The second-order valence-corrected chi connectivity index (χ2v) is 7.10. The highest BCUT2D eigenvalue weighted by molar-refractivity contribution is 6.35. The normalized spacial score (nSPS) is 12.6. The van der Waals surface area contributed by atoms with Crippen LogP contribution in [0.1, 0.15) is 6.92 Å². The number of nitrogens with zero attached hydrogens (tertiary/aromatic N) is 6. The standard InChI is InChI=1S/C19H18ClF2N7O/c1-11(30)7-25-19-24-6-4-15(26-19)13-8-28(10-16(21)22)27-18(13)29-9-14(20)12-3-2-5-23-17(12)29/h2-6,8-9,11,16,30H,7,10H2,1H3,(H,24,25,26)/t11-/m0/s1. The van der Waals surface area contributed by atoms with Crippen LogP contribution in [-0.4, -0.2) is 53.5 Å². The number of aromatic nitrogens is 6. The third kappa shape index (κ3) is 4.10. The number of aliphatic hydroxyl groups excluding tert-OH is 1. The molecule has 8 nitrogen and oxygen atoms in total. The molecule has 0 saturated heterocycles. The number of nitrogens with one attached hydrogen (secondary N) is 1. The molecule has 4 aromatic rings. The van der Waals surface area contributed by atoms with Gasteiger partial charge in [0.05, 0.1) is 22.4 Å². The summed E-state index contributed by atoms with van der Waals surface area (Å²) >= 11 is 6.34. The van der Waals surface area contributed by atoms with Gasteiger partial charge in [0.2, 0.25) is 5.95 Å². The Kier molecular flexibility index (Phi) is 5.60. The van der Waals surface area contributed by atoms with Gasteiger partial charge in [-0.2, -0.15) is 5.10 Å². The van der Waals surface area contributed by atoms with E-state index in [0.29, 0.717) is 33.7 Å². The zero-order valence-corrected chi connectivity index (χ0v) is 16.6. The van der Waals surface area contributed by atoms with E-state index >= 15 is 0 Å². The van der Waals surface area contributed by atoms with Crippen molar-refractivity contribution in [2.75, 3.05) is 11.9 Å². The summed E-state index contributed by atoms with van der Waals surface area (Å²) in [6, 6.07) is 5.24. The van der Waals surface area contributed by atoms with Crippen LogP contribution in [0.2, 0.25) is 5.02 Å². The summed E-state index contributed by atoms with van der Waals surface area (Å²) in [4.78, 5) is 12.9. The van der Waals surface area contributed by atoms with Crippen molar-refractivity contribution < 1.29 is 13.9 Å². The van der Waals surface area contributed by atoms with Crippen molar-refractivity contribution >= 4 is 28.6 Å². The molecular formula is C19H18ClF2N7O. The van der Waals surface area contributed by atoms with E-state index in [1.54, 1.807) is 42.2 Å². The Morgan fingerprint density at radius 1 is 1.20 bits per heavy atom. The first kappa shape index (κ1) is 20.2. The summed E-state index contributed by atoms with van der Waals surface area (Å²) in [5.41, 5.74) is 1.53. The molecule has 0 amide bonds. The molecule has 156 valence electrons. The van der Waals surface area contributed by atoms with Gasteiger partial charge >= 0.3 is 0 Å². The molecule has 11 heteroatoms. The van der Waals surface area contributed by atoms with Crippen molar-refractivity contribution in [1.29, 1.82) is 0 Å². The topological polar surface area (TPSA) is 93.7 Å². The van der Waals surface area contributed by atoms with Gasteiger partial charge in [-0.25, -0.2) is 23.7 Å². The maximum absolute atomic E-state index is 13.0. The summed E-state index contributed by atoms with van der Waals surface area (Å²) in [5, 5.41) is 17.9. The molecule has 30 heavy (non-hydrogen) atoms. The predicted molar refractivity (Wildman–Crippen MR) is 109 cm³/mol. The van der Waals surface area contributed by atoms with Crippen LogP contribution >= 0.6 is 11.6 Å². The molecule has 0 fully saturated rings. The van der Waals surface area contributed by atoms with Gasteiger partial charge in [-0.1, -0.05) is 11.6 Å². The van der Waals surface area contributed by atoms with Gasteiger partial charge in [-0.3, -0.25) is 9.25 Å². The van der Waals surface area contributed by atoms with Crippen molar-refractivity contribution in [3.63, 3.8) is 0 Å². The Hall–Kier alpha value is -3.11. The number of pyridine rings is 1. The van der Waals surface area contributed by atoms with Crippen LogP contribution in [0.15, 0.2) is 43.0 Å². The lowest BCUT2D eigenvalue weighted by Gasteiger charge is -2.08. The van der Waals surface area contributed by atoms with E-state index in [4.69, 9.17) is 11.6 Å². The van der Waals surface area contributed by atoms with E-state index in [2.05, 4.69) is 25.4 Å². The Balaban J connectivity index is 1.84. The molecule has 4 rings (SSSR count). The first-order valence-electron chi connectivity index (χ1n) is 9.15. The molecular weight excluding hydrogens is 416 g/mol. The number of hydrogen-bond donors (Lipinski definition) is 2. The van der Waals surface area contributed by atoms with Crippen LogP contribution in [0.25, 0.3) is 28.1 Å². The molecule has 0 saturated carbocycles. The molecule has 4 heterocycles. The van der Waals surface area contributed by atoms with E-state index in [1.807, 2.05) is 6.07 Å². The number of hydrogen-bond acceptors (Lipinski definition) is 6. The van der Waals surface area contributed by atoms with Crippen molar-refractivity contribution in [2.45, 2.75) is 26.0 Å². The molecule has 0 spiro atoms. The fraction of sp³-hybridized carbons (Fsp3) is 0.263. The third-order valence-electron chi connectivity index (χ3n) is 4.30. The zero-order chi connectivity index (χ0) is 21.3. The molecule has 0 aliphatic rings. The SMILES string of the molecule is C[C@H](O)CNc1nccc(-c2cn(CC(F)F)nc2-n2cc(Cl)c3cccnc32)n1. The largest absolute Gasteiger partial charge is 0.392 e. The Bertz CT molecular complexity index is 1170. The van der Waals surface area contributed by atoms with Gasteiger partial charge in [-0.05, 0) is 25.1 Å². The van der Waals surface area contributed by atoms with Crippen LogP contribution in [0.3, 0.4) is 0 Å². The number of rotatable bonds is 7. The Morgan fingerprint density at radius 2 is 2.03 bits per heavy atom. The summed E-state index contributed by atoms with van der Waals surface area (Å²) in [6.07, 6.45) is 3.16. The molecule has 0 aliphatic carbocycles. The number of fused-ring (bicyclic) bond motifs is 1. The number of halogens is 3. The third-order valence-corrected chi connectivity index (χ3v) is 4.60. The summed E-state index contributed by atoms with van der Waals surface area (Å²) < 4.78 is 28.8. The van der Waals surface area contributed by atoms with Gasteiger partial charge in [-0.15, -0.1) is 0 Å². The summed E-state index contributed by atoms with van der Waals surface area (Å²) in [5.74, 6) is 0.668. The predicted octanol–water partition coefficient (Wildman–Crippen LogP) is 3.39. The van der Waals surface area contributed by atoms with Crippen LogP contribution in [-0.2, 0) is 6.54 Å². The average Bonchev–Trinajstić information content (AvgIpc) is 3.27. The summed E-state index contributed by atoms with van der Waals surface area (Å²) in [7, 11) is 0. The number of aliphatic hydroxyl groups is 1. The molecule has 1 atom stereocenters. The van der Waals surface area contributed by atoms with E-state index in [1.165, 1.54) is 10.9 Å². The molecule has 0 aromatic carbocycles. The lowest BCUT2D eigenvalue weighted by Crippen LogP contribution is -2.16. The van der Waals surface area contributed by atoms with Gasteiger partial charge in [0.25, 0.3) is 6.43 Å². The Morgan fingerprint density at radius 3 is 2.80 bits per heavy atom. The van der Waals surface area contributed by atoms with Crippen molar-refractivity contribution in [1.82, 2.24) is 29.3 Å². The number of alkyl halides is 2. The average molecular weight is 434 g/mol. The highest BCUT2D eigenvalue weighted by Gasteiger charge is 2.20. The maximum atomic E-state index is 13.0. The molecule has 0 radical (unpaired) electrons. The first-order chi connectivity index (χ1) is 14.4. The van der Waals surface area contributed by atoms with E-state index < -0.39 is 19.1 Å². The minimum atomic E-state index is -2.57. The minimum absolute atomic E-state index is 0.267. The highest BCUT2D eigenvalue weighted by atomic mass is 35.5. The van der Waals surface area contributed by atoms with Crippen molar-refractivity contribution in [3.8, 4) is 17.1 Å². The monoisotopic (exact) mass is 433 g/mol. The first-order valence-corrected chi connectivity index (χ1v) is 9.53. The second-order valence-electron chi connectivity index (χ2n) is 6.70. The fourth-order valence-electron chi connectivity index (χ4n) is 3.02. The smallest absolute Gasteiger partial charge is 0.257 e. The zero-order valence-electron chi connectivity index (χ0n) is 15.9. The van der Waals surface area contributed by atoms with Gasteiger partial charge in [0, 0.05) is 36.7 Å². The van der Waals surface area contributed by atoms with E-state index in [-0.39, 0.29) is 6.54 Å². The lowest BCUT2D eigenvalue weighted by atomic mass is 10.2.